The van der Waals surface area contributed by atoms with E-state index in [9.17, 15) is 19.5 Å². The lowest BCUT2D eigenvalue weighted by Gasteiger charge is -2.22. The van der Waals surface area contributed by atoms with Gasteiger partial charge in [0.05, 0.1) is 29.1 Å². The van der Waals surface area contributed by atoms with Crippen molar-refractivity contribution in [1.29, 1.82) is 5.26 Å². The zero-order chi connectivity index (χ0) is 28.4. The highest BCUT2D eigenvalue weighted by Crippen LogP contribution is 2.47. The Kier molecular flexibility index (Phi) is 7.82. The summed E-state index contributed by atoms with van der Waals surface area (Å²) in [6.07, 6.45) is 7.87. The molecule has 0 bridgehead atoms. The Morgan fingerprint density at radius 3 is 2.64 bits per heavy atom. The number of carbonyl (C=O) groups excluding carboxylic acids is 1. The average molecular weight is 546 g/mol. The number of amides is 1. The molecule has 11 heteroatoms. The summed E-state index contributed by atoms with van der Waals surface area (Å²) in [4.78, 5) is 32.6. The molecule has 0 fully saturated rings. The van der Waals surface area contributed by atoms with Crippen molar-refractivity contribution in [3.05, 3.63) is 79.4 Å². The fourth-order valence-electron chi connectivity index (χ4n) is 3.95. The lowest BCUT2D eigenvalue weighted by Crippen LogP contribution is -2.23. The molecule has 39 heavy (non-hydrogen) atoms. The summed E-state index contributed by atoms with van der Waals surface area (Å²) in [6, 6.07) is 13.0. The monoisotopic (exact) mass is 545 g/mol. The molecule has 0 aliphatic rings. The second kappa shape index (κ2) is 10.9. The van der Waals surface area contributed by atoms with Gasteiger partial charge in [-0.15, -0.1) is 0 Å². The van der Waals surface area contributed by atoms with Crippen LogP contribution in [-0.4, -0.2) is 38.0 Å². The molecule has 1 N–H and O–H groups in total. The standard InChI is InChI=1S/C28H28N5O5P/c1-6-26(34)32(5)23-11-21(14-30-16-23)22-12-24-25(20-9-7-8-19(10-20)13-29)17-33(27(24)31-15-22)18-37-39(35,36)38-28(2,3)4/h6-12,14-17H,1,18H2,2-5H3,(H,35,36). The first-order valence-corrected chi connectivity index (χ1v) is 13.4. The summed E-state index contributed by atoms with van der Waals surface area (Å²) >= 11 is 0. The van der Waals surface area contributed by atoms with Gasteiger partial charge in [0, 0.05) is 47.7 Å². The number of pyridine rings is 2. The Bertz CT molecular complexity index is 1650. The van der Waals surface area contributed by atoms with E-state index in [2.05, 4.69) is 22.6 Å². The van der Waals surface area contributed by atoms with Gasteiger partial charge in [0.25, 0.3) is 0 Å². The molecule has 1 unspecified atom stereocenters. The molecule has 1 atom stereocenters. The summed E-state index contributed by atoms with van der Waals surface area (Å²) in [5, 5.41) is 10.1. The van der Waals surface area contributed by atoms with E-state index in [-0.39, 0.29) is 12.6 Å². The summed E-state index contributed by atoms with van der Waals surface area (Å²) in [7, 11) is -2.72. The molecule has 0 radical (unpaired) electrons. The maximum Gasteiger partial charge on any atom is 0.474 e. The molecular weight excluding hydrogens is 517 g/mol. The summed E-state index contributed by atoms with van der Waals surface area (Å²) in [5.74, 6) is -0.268. The van der Waals surface area contributed by atoms with Crippen molar-refractivity contribution in [2.45, 2.75) is 33.1 Å². The second-order valence-corrected chi connectivity index (χ2v) is 11.1. The van der Waals surface area contributed by atoms with Crippen LogP contribution in [0.1, 0.15) is 26.3 Å². The predicted molar refractivity (Wildman–Crippen MR) is 148 cm³/mol. The Labute approximate surface area is 226 Å². The summed E-state index contributed by atoms with van der Waals surface area (Å²) < 4.78 is 24.6. The van der Waals surface area contributed by atoms with Crippen LogP contribution in [0.25, 0.3) is 33.3 Å². The molecule has 4 rings (SSSR count). The van der Waals surface area contributed by atoms with Gasteiger partial charge < -0.3 is 14.4 Å². The van der Waals surface area contributed by atoms with Gasteiger partial charge in [-0.05, 0) is 56.7 Å². The highest BCUT2D eigenvalue weighted by molar-refractivity contribution is 7.47. The Hall–Kier alpha value is -4.13. The van der Waals surface area contributed by atoms with E-state index in [1.807, 2.05) is 18.2 Å². The Balaban J connectivity index is 1.80. The zero-order valence-corrected chi connectivity index (χ0v) is 22.9. The van der Waals surface area contributed by atoms with Gasteiger partial charge in [0.1, 0.15) is 12.4 Å². The lowest BCUT2D eigenvalue weighted by atomic mass is 10.0. The van der Waals surface area contributed by atoms with E-state index in [1.165, 1.54) is 11.0 Å². The number of hydrogen-bond donors (Lipinski definition) is 1. The van der Waals surface area contributed by atoms with Gasteiger partial charge in [-0.2, -0.15) is 5.26 Å². The van der Waals surface area contributed by atoms with Crippen LogP contribution in [-0.2, 0) is 25.1 Å². The van der Waals surface area contributed by atoms with Gasteiger partial charge in [-0.1, -0.05) is 18.7 Å². The SMILES string of the molecule is C=CC(=O)N(C)c1cncc(-c2cnc3c(c2)c(-c2cccc(C#N)c2)cn3COP(=O)(O)OC(C)(C)C)c1. The first-order chi connectivity index (χ1) is 18.4. The van der Waals surface area contributed by atoms with E-state index < -0.39 is 13.4 Å². The number of anilines is 1. The number of phosphoric acid groups is 1. The van der Waals surface area contributed by atoms with E-state index in [0.717, 1.165) is 27.6 Å². The molecule has 10 nitrogen and oxygen atoms in total. The van der Waals surface area contributed by atoms with Crippen LogP contribution in [0.15, 0.2) is 73.8 Å². The molecule has 3 heterocycles. The Morgan fingerprint density at radius 2 is 1.95 bits per heavy atom. The van der Waals surface area contributed by atoms with Gasteiger partial charge in [0.2, 0.25) is 5.91 Å². The highest BCUT2D eigenvalue weighted by Gasteiger charge is 2.29. The number of hydrogen-bond acceptors (Lipinski definition) is 7. The van der Waals surface area contributed by atoms with Crippen LogP contribution < -0.4 is 4.90 Å². The van der Waals surface area contributed by atoms with Crippen molar-refractivity contribution in [3.63, 3.8) is 0 Å². The molecule has 4 aromatic rings. The van der Waals surface area contributed by atoms with Crippen LogP contribution >= 0.6 is 7.82 Å². The lowest BCUT2D eigenvalue weighted by molar-refractivity contribution is -0.113. The van der Waals surface area contributed by atoms with Crippen LogP contribution in [0.5, 0.6) is 0 Å². The third-order valence-electron chi connectivity index (χ3n) is 5.72. The van der Waals surface area contributed by atoms with Crippen molar-refractivity contribution in [3.8, 4) is 28.3 Å². The van der Waals surface area contributed by atoms with Crippen molar-refractivity contribution in [1.82, 2.24) is 14.5 Å². The third-order valence-corrected chi connectivity index (χ3v) is 6.94. The van der Waals surface area contributed by atoms with Crippen LogP contribution in [0.4, 0.5) is 5.69 Å². The van der Waals surface area contributed by atoms with Gasteiger partial charge in [0.15, 0.2) is 0 Å². The number of benzene rings is 1. The number of aromatic nitrogens is 3. The minimum absolute atomic E-state index is 0.268. The molecule has 200 valence electrons. The molecule has 0 aliphatic heterocycles. The number of nitriles is 1. The molecule has 0 aliphatic carbocycles. The molecular formula is C28H28N5O5P. The maximum absolute atomic E-state index is 12.5. The van der Waals surface area contributed by atoms with Crippen molar-refractivity contribution >= 4 is 30.5 Å². The largest absolute Gasteiger partial charge is 0.474 e. The fourth-order valence-corrected chi connectivity index (χ4v) is 4.97. The fraction of sp³-hybridized carbons (Fsp3) is 0.214. The number of phosphoric ester groups is 1. The smallest absolute Gasteiger partial charge is 0.310 e. The molecule has 1 amide bonds. The van der Waals surface area contributed by atoms with Crippen molar-refractivity contribution in [2.75, 3.05) is 11.9 Å². The van der Waals surface area contributed by atoms with Gasteiger partial charge in [-0.3, -0.25) is 18.8 Å². The average Bonchev–Trinajstić information content (AvgIpc) is 3.28. The molecule has 3 aromatic heterocycles. The molecule has 0 saturated carbocycles. The predicted octanol–water partition coefficient (Wildman–Crippen LogP) is 5.68. The van der Waals surface area contributed by atoms with E-state index in [4.69, 9.17) is 9.05 Å². The van der Waals surface area contributed by atoms with Gasteiger partial charge in [-0.25, -0.2) is 9.55 Å². The highest BCUT2D eigenvalue weighted by atomic mass is 31.2. The third kappa shape index (κ3) is 6.48. The molecule has 1 aromatic carbocycles. The first kappa shape index (κ1) is 27.9. The van der Waals surface area contributed by atoms with E-state index in [1.54, 1.807) is 75.4 Å². The second-order valence-electron chi connectivity index (χ2n) is 9.76. The summed E-state index contributed by atoms with van der Waals surface area (Å²) in [6.45, 7) is 8.20. The maximum atomic E-state index is 12.5. The van der Waals surface area contributed by atoms with E-state index >= 15 is 0 Å². The van der Waals surface area contributed by atoms with Crippen LogP contribution in [0.3, 0.4) is 0 Å². The topological polar surface area (TPSA) is 131 Å². The quantitative estimate of drug-likeness (QED) is 0.221. The number of nitrogens with zero attached hydrogens (tertiary/aromatic N) is 5. The van der Waals surface area contributed by atoms with Crippen molar-refractivity contribution in [2.24, 2.45) is 0 Å². The van der Waals surface area contributed by atoms with E-state index in [0.29, 0.717) is 16.9 Å². The number of fused-ring (bicyclic) bond motifs is 1. The first-order valence-electron chi connectivity index (χ1n) is 11.9. The zero-order valence-electron chi connectivity index (χ0n) is 22.0. The number of likely N-dealkylation sites (N-methyl/N-ethyl adjacent to an activating group) is 1. The Morgan fingerprint density at radius 1 is 1.21 bits per heavy atom. The minimum Gasteiger partial charge on any atom is -0.310 e. The number of carbonyl (C=O) groups is 1. The van der Waals surface area contributed by atoms with Crippen LogP contribution in [0.2, 0.25) is 0 Å². The summed E-state index contributed by atoms with van der Waals surface area (Å²) in [5.41, 5.74) is 3.65. The van der Waals surface area contributed by atoms with Gasteiger partial charge >= 0.3 is 7.82 Å². The number of rotatable bonds is 8. The molecule has 0 saturated heterocycles. The van der Waals surface area contributed by atoms with Crippen molar-refractivity contribution < 1.29 is 23.3 Å². The minimum atomic E-state index is -4.36. The van der Waals surface area contributed by atoms with Crippen LogP contribution in [0, 0.1) is 11.3 Å². The molecule has 0 spiro atoms. The normalized spacial score (nSPS) is 13.0.